The van der Waals surface area contributed by atoms with Gasteiger partial charge in [-0.15, -0.1) is 0 Å². The van der Waals surface area contributed by atoms with E-state index in [1.165, 1.54) is 0 Å². The van der Waals surface area contributed by atoms with E-state index in [-0.39, 0.29) is 11.8 Å². The predicted molar refractivity (Wildman–Crippen MR) is 132 cm³/mol. The summed E-state index contributed by atoms with van der Waals surface area (Å²) in [6, 6.07) is 27.8. The fraction of sp³-hybridized carbons (Fsp3) is 0.179. The Morgan fingerprint density at radius 3 is 2.38 bits per heavy atom. The third kappa shape index (κ3) is 5.36. The second-order valence-corrected chi connectivity index (χ2v) is 8.67. The van der Waals surface area contributed by atoms with Crippen LogP contribution in [0.4, 0.5) is 0 Å². The maximum atomic E-state index is 13.2. The van der Waals surface area contributed by atoms with E-state index >= 15 is 0 Å². The lowest BCUT2D eigenvalue weighted by atomic mass is 9.87. The molecule has 170 valence electrons. The van der Waals surface area contributed by atoms with Crippen molar-refractivity contribution in [1.82, 2.24) is 4.98 Å². The number of aromatic nitrogens is 1. The zero-order chi connectivity index (χ0) is 24.1. The molecule has 0 amide bonds. The Kier molecular flexibility index (Phi) is 7.10. The largest absolute Gasteiger partial charge is 0.440 e. The first-order valence-corrected chi connectivity index (χ1v) is 11.3. The number of hydrogen-bond acceptors (Lipinski definition) is 5. The molecular formula is C28H23ClN2O3. The topological polar surface area (TPSA) is 72.2 Å². The third-order valence-corrected chi connectivity index (χ3v) is 5.71. The van der Waals surface area contributed by atoms with E-state index in [2.05, 4.69) is 4.98 Å². The number of halogens is 1. The van der Waals surface area contributed by atoms with Crippen molar-refractivity contribution < 1.29 is 14.3 Å². The molecule has 2 atom stereocenters. The van der Waals surface area contributed by atoms with E-state index < -0.39 is 18.0 Å². The molecule has 0 radical (unpaired) electrons. The molecule has 0 N–H and O–H groups in total. The number of rotatable bonds is 7. The second kappa shape index (κ2) is 10.4. The van der Waals surface area contributed by atoms with Gasteiger partial charge in [0.1, 0.15) is 11.8 Å². The Hall–Kier alpha value is -3.88. The molecule has 3 aromatic carbocycles. The Morgan fingerprint density at radius 2 is 1.68 bits per heavy atom. The van der Waals surface area contributed by atoms with Gasteiger partial charge in [0, 0.05) is 11.1 Å². The first kappa shape index (κ1) is 23.3. The number of nitrogens with zero attached hydrogens (tertiary/aromatic N) is 2. The molecule has 0 bridgehead atoms. The summed E-state index contributed by atoms with van der Waals surface area (Å²) in [6.07, 6.45) is -1.16. The van der Waals surface area contributed by atoms with Crippen LogP contribution in [-0.2, 0) is 9.53 Å². The van der Waals surface area contributed by atoms with Crippen molar-refractivity contribution in [2.45, 2.75) is 25.9 Å². The molecule has 0 aliphatic heterocycles. The van der Waals surface area contributed by atoms with Crippen molar-refractivity contribution in [1.29, 1.82) is 5.26 Å². The molecule has 5 nitrogen and oxygen atoms in total. The summed E-state index contributed by atoms with van der Waals surface area (Å²) in [5.74, 6) is -0.182. The van der Waals surface area contributed by atoms with Gasteiger partial charge in [0.15, 0.2) is 0 Å². The number of fused-ring (bicyclic) bond motifs is 1. The van der Waals surface area contributed by atoms with Crippen LogP contribution in [-0.4, -0.2) is 11.0 Å². The molecule has 0 spiro atoms. The van der Waals surface area contributed by atoms with Crippen LogP contribution in [0.3, 0.4) is 0 Å². The minimum Gasteiger partial charge on any atom is -0.440 e. The average molecular weight is 471 g/mol. The van der Waals surface area contributed by atoms with Crippen molar-refractivity contribution in [3.05, 3.63) is 101 Å². The van der Waals surface area contributed by atoms with Crippen LogP contribution in [0.2, 0.25) is 5.02 Å². The van der Waals surface area contributed by atoms with Crippen LogP contribution in [0.15, 0.2) is 84.9 Å². The number of ether oxygens (including phenoxy) is 2. The number of nitriles is 1. The van der Waals surface area contributed by atoms with Gasteiger partial charge in [0.2, 0.25) is 12.0 Å². The summed E-state index contributed by atoms with van der Waals surface area (Å²) >= 11 is 5.91. The Bertz CT molecular complexity index is 1350. The number of esters is 1. The Labute approximate surface area is 203 Å². The minimum atomic E-state index is -1.16. The standard InChI is InChI=1S/C28H23ClN2O3/c1-18(2)27(21-11-10-19-6-3-4-7-20(19)16-21)28(32)34-25(17-30)24-8-5-9-26(31-24)33-23-14-12-22(29)13-15-23/h3-16,18,25,27H,1-2H3. The second-order valence-electron chi connectivity index (χ2n) is 8.23. The van der Waals surface area contributed by atoms with Crippen molar-refractivity contribution in [3.63, 3.8) is 0 Å². The monoisotopic (exact) mass is 470 g/mol. The lowest BCUT2D eigenvalue weighted by molar-refractivity contribution is -0.150. The van der Waals surface area contributed by atoms with E-state index in [0.717, 1.165) is 16.3 Å². The zero-order valence-corrected chi connectivity index (χ0v) is 19.6. The van der Waals surface area contributed by atoms with Gasteiger partial charge in [0.05, 0.1) is 11.6 Å². The minimum absolute atomic E-state index is 0.0273. The van der Waals surface area contributed by atoms with Crippen LogP contribution < -0.4 is 4.74 Å². The normalized spacial score (nSPS) is 12.7. The third-order valence-electron chi connectivity index (χ3n) is 5.45. The molecule has 0 aliphatic carbocycles. The van der Waals surface area contributed by atoms with Gasteiger partial charge in [-0.2, -0.15) is 5.26 Å². The molecule has 0 saturated carbocycles. The number of pyridine rings is 1. The zero-order valence-electron chi connectivity index (χ0n) is 18.8. The van der Waals surface area contributed by atoms with E-state index in [1.54, 1.807) is 42.5 Å². The molecule has 0 aliphatic rings. The lowest BCUT2D eigenvalue weighted by Crippen LogP contribution is -2.23. The van der Waals surface area contributed by atoms with Crippen molar-refractivity contribution >= 4 is 28.3 Å². The number of carbonyl (C=O) groups is 1. The first-order chi connectivity index (χ1) is 16.4. The van der Waals surface area contributed by atoms with Crippen LogP contribution in [0.1, 0.15) is 37.1 Å². The average Bonchev–Trinajstić information content (AvgIpc) is 2.84. The molecular weight excluding hydrogens is 448 g/mol. The molecule has 1 heterocycles. The molecule has 0 saturated heterocycles. The SMILES string of the molecule is CC(C)C(C(=O)OC(C#N)c1cccc(Oc2ccc(Cl)cc2)n1)c1ccc2ccccc2c1. The van der Waals surface area contributed by atoms with E-state index in [0.29, 0.717) is 16.5 Å². The van der Waals surface area contributed by atoms with Gasteiger partial charge >= 0.3 is 5.97 Å². The molecule has 6 heteroatoms. The highest BCUT2D eigenvalue weighted by atomic mass is 35.5. The van der Waals surface area contributed by atoms with Gasteiger partial charge in [-0.25, -0.2) is 4.98 Å². The van der Waals surface area contributed by atoms with Crippen LogP contribution >= 0.6 is 11.6 Å². The summed E-state index contributed by atoms with van der Waals surface area (Å²) in [5.41, 5.74) is 1.14. The first-order valence-electron chi connectivity index (χ1n) is 10.9. The fourth-order valence-corrected chi connectivity index (χ4v) is 3.92. The van der Waals surface area contributed by atoms with Gasteiger partial charge in [-0.1, -0.05) is 74.0 Å². The van der Waals surface area contributed by atoms with Gasteiger partial charge in [-0.05, 0) is 52.6 Å². The van der Waals surface area contributed by atoms with Crippen LogP contribution in [0.25, 0.3) is 10.8 Å². The van der Waals surface area contributed by atoms with E-state index in [9.17, 15) is 10.1 Å². The van der Waals surface area contributed by atoms with E-state index in [1.807, 2.05) is 62.4 Å². The van der Waals surface area contributed by atoms with Gasteiger partial charge in [0.25, 0.3) is 0 Å². The number of hydrogen-bond donors (Lipinski definition) is 0. The maximum absolute atomic E-state index is 13.2. The quantitative estimate of drug-likeness (QED) is 0.266. The molecule has 1 aromatic heterocycles. The summed E-state index contributed by atoms with van der Waals surface area (Å²) in [5, 5.41) is 12.5. The molecule has 0 fully saturated rings. The summed E-state index contributed by atoms with van der Waals surface area (Å²) in [4.78, 5) is 17.6. The highest BCUT2D eigenvalue weighted by Gasteiger charge is 2.29. The molecule has 4 aromatic rings. The van der Waals surface area contributed by atoms with Crippen LogP contribution in [0, 0.1) is 17.2 Å². The summed E-state index contributed by atoms with van der Waals surface area (Å²) in [6.45, 7) is 3.92. The maximum Gasteiger partial charge on any atom is 0.315 e. The Morgan fingerprint density at radius 1 is 0.941 bits per heavy atom. The van der Waals surface area contributed by atoms with E-state index in [4.69, 9.17) is 21.1 Å². The summed E-state index contributed by atoms with van der Waals surface area (Å²) in [7, 11) is 0. The number of carbonyl (C=O) groups excluding carboxylic acids is 1. The molecule has 2 unspecified atom stereocenters. The van der Waals surface area contributed by atoms with Gasteiger partial charge in [-0.3, -0.25) is 4.79 Å². The number of benzene rings is 3. The summed E-state index contributed by atoms with van der Waals surface area (Å²) < 4.78 is 11.4. The van der Waals surface area contributed by atoms with Crippen molar-refractivity contribution in [2.75, 3.05) is 0 Å². The van der Waals surface area contributed by atoms with Crippen LogP contribution in [0.5, 0.6) is 11.6 Å². The lowest BCUT2D eigenvalue weighted by Gasteiger charge is -2.22. The highest BCUT2D eigenvalue weighted by molar-refractivity contribution is 6.30. The van der Waals surface area contributed by atoms with Crippen molar-refractivity contribution in [2.24, 2.45) is 5.92 Å². The molecule has 4 rings (SSSR count). The predicted octanol–water partition coefficient (Wildman–Crippen LogP) is 7.23. The van der Waals surface area contributed by atoms with Gasteiger partial charge < -0.3 is 9.47 Å². The fourth-order valence-electron chi connectivity index (χ4n) is 3.79. The highest BCUT2D eigenvalue weighted by Crippen LogP contribution is 2.31. The van der Waals surface area contributed by atoms with Crippen molar-refractivity contribution in [3.8, 4) is 17.7 Å². The smallest absolute Gasteiger partial charge is 0.315 e. The molecule has 34 heavy (non-hydrogen) atoms. The Balaban J connectivity index is 1.55.